The van der Waals surface area contributed by atoms with Crippen molar-refractivity contribution in [2.24, 2.45) is 0 Å². The van der Waals surface area contributed by atoms with Gasteiger partial charge in [-0.1, -0.05) is 33.6 Å². The topological polar surface area (TPSA) is 0 Å². The highest BCUT2D eigenvalue weighted by Gasteiger charge is 2.17. The lowest BCUT2D eigenvalue weighted by molar-refractivity contribution is 0.626. The quantitative estimate of drug-likeness (QED) is 0.537. The molecule has 0 bridgehead atoms. The van der Waals surface area contributed by atoms with Crippen LogP contribution in [0.4, 0.5) is 4.39 Å². The minimum absolute atomic E-state index is 0.0388. The predicted octanol–water partition coefficient (Wildman–Crippen LogP) is 6.10. The number of rotatable bonds is 2. The van der Waals surface area contributed by atoms with Gasteiger partial charge in [-0.2, -0.15) is 0 Å². The van der Waals surface area contributed by atoms with Crippen LogP contribution >= 0.6 is 54.8 Å². The number of hydrogen-bond donors (Lipinski definition) is 0. The van der Waals surface area contributed by atoms with Gasteiger partial charge in [0.2, 0.25) is 0 Å². The van der Waals surface area contributed by atoms with Crippen LogP contribution in [0, 0.1) is 12.7 Å². The maximum Gasteiger partial charge on any atom is 0.123 e. The Morgan fingerprint density at radius 3 is 2.59 bits per heavy atom. The van der Waals surface area contributed by atoms with Crippen molar-refractivity contribution in [2.75, 3.05) is 0 Å². The first kappa shape index (κ1) is 13.5. The minimum Gasteiger partial charge on any atom is -0.207 e. The van der Waals surface area contributed by atoms with E-state index in [1.807, 2.05) is 13.0 Å². The molecule has 1 aromatic heterocycles. The second-order valence-electron chi connectivity index (χ2n) is 3.63. The molecule has 1 aromatic carbocycles. The predicted molar refractivity (Wildman–Crippen MR) is 78.9 cm³/mol. The highest BCUT2D eigenvalue weighted by Crippen LogP contribution is 2.41. The molecule has 1 atom stereocenters. The van der Waals surface area contributed by atoms with Gasteiger partial charge in [-0.25, -0.2) is 4.39 Å². The molecule has 0 aliphatic rings. The normalized spacial score (nSPS) is 12.8. The van der Waals surface area contributed by atoms with Crippen LogP contribution in [0.1, 0.15) is 20.8 Å². The number of alkyl halides is 1. The van der Waals surface area contributed by atoms with Crippen molar-refractivity contribution in [3.8, 4) is 0 Å². The van der Waals surface area contributed by atoms with Crippen LogP contribution in [0.5, 0.6) is 0 Å². The molecule has 0 radical (unpaired) electrons. The summed E-state index contributed by atoms with van der Waals surface area (Å²) >= 11 is 14.5. The van der Waals surface area contributed by atoms with E-state index in [-0.39, 0.29) is 10.6 Å². The standard InChI is InChI=1S/C12H8Br2ClFS/c1-6-4-7(16)2-3-8(6)11(14)10-5-9(13)12(15)17-10/h2-5,11H,1H3. The van der Waals surface area contributed by atoms with Gasteiger partial charge < -0.3 is 0 Å². The van der Waals surface area contributed by atoms with Gasteiger partial charge in [0, 0.05) is 9.35 Å². The lowest BCUT2D eigenvalue weighted by Crippen LogP contribution is -1.94. The zero-order chi connectivity index (χ0) is 12.6. The number of benzene rings is 1. The third-order valence-electron chi connectivity index (χ3n) is 2.42. The molecule has 90 valence electrons. The van der Waals surface area contributed by atoms with Crippen molar-refractivity contribution in [3.63, 3.8) is 0 Å². The summed E-state index contributed by atoms with van der Waals surface area (Å²) in [5.41, 5.74) is 1.98. The first-order valence-corrected chi connectivity index (χ1v) is 7.74. The maximum absolute atomic E-state index is 13.0. The summed E-state index contributed by atoms with van der Waals surface area (Å²) < 4.78 is 14.7. The van der Waals surface area contributed by atoms with Crippen LogP contribution in [0.25, 0.3) is 0 Å². The molecule has 2 rings (SSSR count). The van der Waals surface area contributed by atoms with Crippen molar-refractivity contribution in [2.45, 2.75) is 11.8 Å². The SMILES string of the molecule is Cc1cc(F)ccc1C(Br)c1cc(Br)c(Cl)s1. The number of thiophene rings is 1. The van der Waals surface area contributed by atoms with E-state index in [9.17, 15) is 4.39 Å². The smallest absolute Gasteiger partial charge is 0.123 e. The molecule has 0 saturated carbocycles. The van der Waals surface area contributed by atoms with Crippen LogP contribution < -0.4 is 0 Å². The van der Waals surface area contributed by atoms with E-state index < -0.39 is 0 Å². The average Bonchev–Trinajstić information content (AvgIpc) is 2.58. The van der Waals surface area contributed by atoms with E-state index in [2.05, 4.69) is 31.9 Å². The van der Waals surface area contributed by atoms with E-state index in [0.29, 0.717) is 0 Å². The molecule has 5 heteroatoms. The summed E-state index contributed by atoms with van der Waals surface area (Å²) in [6.45, 7) is 1.90. The Hall–Kier alpha value is 0.1000. The van der Waals surface area contributed by atoms with Gasteiger partial charge >= 0.3 is 0 Å². The van der Waals surface area contributed by atoms with E-state index in [1.54, 1.807) is 6.07 Å². The van der Waals surface area contributed by atoms with Gasteiger partial charge in [-0.15, -0.1) is 11.3 Å². The second kappa shape index (κ2) is 5.39. The van der Waals surface area contributed by atoms with Gasteiger partial charge in [0.05, 0.1) is 4.83 Å². The molecule has 0 N–H and O–H groups in total. The summed E-state index contributed by atoms with van der Waals surface area (Å²) in [6.07, 6.45) is 0. The van der Waals surface area contributed by atoms with Crippen molar-refractivity contribution >= 4 is 54.8 Å². The average molecular weight is 399 g/mol. The summed E-state index contributed by atoms with van der Waals surface area (Å²) in [5.74, 6) is -0.212. The van der Waals surface area contributed by atoms with Crippen molar-refractivity contribution in [1.82, 2.24) is 0 Å². The fraction of sp³-hybridized carbons (Fsp3) is 0.167. The molecular weight excluding hydrogens is 390 g/mol. The minimum atomic E-state index is -0.212. The van der Waals surface area contributed by atoms with Crippen LogP contribution in [0.15, 0.2) is 28.7 Å². The molecule has 0 aliphatic carbocycles. The monoisotopic (exact) mass is 396 g/mol. The summed E-state index contributed by atoms with van der Waals surface area (Å²) in [4.78, 5) is 1.13. The Bertz CT molecular complexity index is 534. The molecule has 0 fully saturated rings. The van der Waals surface area contributed by atoms with Crippen molar-refractivity contribution in [3.05, 3.63) is 54.9 Å². The van der Waals surface area contributed by atoms with Crippen LogP contribution in [0.2, 0.25) is 4.34 Å². The van der Waals surface area contributed by atoms with Gasteiger partial charge in [0.25, 0.3) is 0 Å². The fourth-order valence-electron chi connectivity index (χ4n) is 1.56. The molecule has 0 amide bonds. The molecule has 1 heterocycles. The van der Waals surface area contributed by atoms with E-state index >= 15 is 0 Å². The Morgan fingerprint density at radius 2 is 2.06 bits per heavy atom. The Morgan fingerprint density at radius 1 is 1.35 bits per heavy atom. The Kier molecular flexibility index (Phi) is 4.29. The van der Waals surface area contributed by atoms with Gasteiger partial charge in [-0.3, -0.25) is 0 Å². The Labute approximate surface area is 125 Å². The van der Waals surface area contributed by atoms with Crippen LogP contribution in [0.3, 0.4) is 0 Å². The van der Waals surface area contributed by atoms with Crippen molar-refractivity contribution < 1.29 is 4.39 Å². The fourth-order valence-corrected chi connectivity index (χ4v) is 4.22. The summed E-state index contributed by atoms with van der Waals surface area (Å²) in [5, 5.41) is 0. The summed E-state index contributed by atoms with van der Waals surface area (Å²) in [6, 6.07) is 6.79. The molecule has 1 unspecified atom stereocenters. The number of hydrogen-bond acceptors (Lipinski definition) is 1. The molecule has 2 aromatic rings. The lowest BCUT2D eigenvalue weighted by atomic mass is 10.0. The first-order valence-electron chi connectivity index (χ1n) is 4.84. The third kappa shape index (κ3) is 2.92. The van der Waals surface area contributed by atoms with Gasteiger partial charge in [0.15, 0.2) is 0 Å². The zero-order valence-corrected chi connectivity index (χ0v) is 13.6. The number of aryl methyl sites for hydroxylation is 1. The zero-order valence-electron chi connectivity index (χ0n) is 8.81. The van der Waals surface area contributed by atoms with Crippen molar-refractivity contribution in [1.29, 1.82) is 0 Å². The van der Waals surface area contributed by atoms with E-state index in [4.69, 9.17) is 11.6 Å². The van der Waals surface area contributed by atoms with Crippen LogP contribution in [-0.4, -0.2) is 0 Å². The van der Waals surface area contributed by atoms with E-state index in [0.717, 1.165) is 24.8 Å². The number of halogens is 4. The lowest BCUT2D eigenvalue weighted by Gasteiger charge is -2.11. The summed E-state index contributed by atoms with van der Waals surface area (Å²) in [7, 11) is 0. The van der Waals surface area contributed by atoms with Gasteiger partial charge in [-0.05, 0) is 52.2 Å². The molecule has 0 spiro atoms. The molecule has 0 aliphatic heterocycles. The highest BCUT2D eigenvalue weighted by atomic mass is 79.9. The van der Waals surface area contributed by atoms with Gasteiger partial charge in [0.1, 0.15) is 10.2 Å². The molecule has 0 saturated heterocycles. The second-order valence-corrected chi connectivity index (χ2v) is 7.09. The first-order chi connectivity index (χ1) is 7.99. The van der Waals surface area contributed by atoms with Crippen LogP contribution in [-0.2, 0) is 0 Å². The largest absolute Gasteiger partial charge is 0.207 e. The Balaban J connectivity index is 2.39. The van der Waals surface area contributed by atoms with E-state index in [1.165, 1.54) is 23.5 Å². The molecular formula is C12H8Br2ClFS. The maximum atomic E-state index is 13.0. The highest BCUT2D eigenvalue weighted by molar-refractivity contribution is 9.10. The third-order valence-corrected chi connectivity index (χ3v) is 6.25. The molecule has 17 heavy (non-hydrogen) atoms. The molecule has 0 nitrogen and oxygen atoms in total.